The Labute approximate surface area is 182 Å². The molecule has 0 saturated carbocycles. The van der Waals surface area contributed by atoms with E-state index < -0.39 is 5.91 Å². The first-order valence-corrected chi connectivity index (χ1v) is 9.64. The lowest BCUT2D eigenvalue weighted by Crippen LogP contribution is -2.23. The molecule has 0 spiro atoms. The number of anilines is 1. The van der Waals surface area contributed by atoms with Gasteiger partial charge in [0.1, 0.15) is 12.3 Å². The van der Waals surface area contributed by atoms with Crippen LogP contribution in [-0.2, 0) is 11.3 Å². The van der Waals surface area contributed by atoms with Crippen molar-refractivity contribution in [1.29, 1.82) is 0 Å². The maximum absolute atomic E-state index is 12.5. The maximum Gasteiger partial charge on any atom is 0.260 e. The molecule has 0 aliphatic heterocycles. The van der Waals surface area contributed by atoms with E-state index >= 15 is 0 Å². The van der Waals surface area contributed by atoms with Gasteiger partial charge in [-0.15, -0.1) is 0 Å². The number of nitrogens with zero attached hydrogens (tertiary/aromatic N) is 5. The van der Waals surface area contributed by atoms with Crippen LogP contribution in [0, 0.1) is 0 Å². The number of carbonyl (C=O) groups excluding carboxylic acids is 1. The number of carbonyl (C=O) groups is 1. The average Bonchev–Trinajstić information content (AvgIpc) is 3.29. The maximum atomic E-state index is 12.5. The van der Waals surface area contributed by atoms with Crippen LogP contribution in [-0.4, -0.2) is 37.1 Å². The molecule has 0 radical (unpaired) electrons. The number of amides is 1. The van der Waals surface area contributed by atoms with Gasteiger partial charge < -0.3 is 15.4 Å². The van der Waals surface area contributed by atoms with Crippen LogP contribution in [0.2, 0.25) is 5.02 Å². The van der Waals surface area contributed by atoms with E-state index in [0.29, 0.717) is 31.9 Å². The highest BCUT2D eigenvalue weighted by Crippen LogP contribution is 2.30. The number of halogens is 2. The van der Waals surface area contributed by atoms with Crippen molar-refractivity contribution in [3.05, 3.63) is 51.5 Å². The highest BCUT2D eigenvalue weighted by Gasteiger charge is 2.20. The van der Waals surface area contributed by atoms with Crippen molar-refractivity contribution in [3.8, 4) is 17.3 Å². The van der Waals surface area contributed by atoms with Crippen LogP contribution in [0.25, 0.3) is 22.6 Å². The van der Waals surface area contributed by atoms with Crippen molar-refractivity contribution in [2.24, 2.45) is 5.10 Å². The van der Waals surface area contributed by atoms with E-state index in [1.807, 2.05) is 18.2 Å². The second kappa shape index (κ2) is 8.13. The Morgan fingerprint density at radius 1 is 1.37 bits per heavy atom. The zero-order valence-electron chi connectivity index (χ0n) is 15.1. The first-order valence-electron chi connectivity index (χ1n) is 8.47. The molecule has 0 atom stereocenters. The van der Waals surface area contributed by atoms with Crippen LogP contribution in [0.5, 0.6) is 5.75 Å². The number of para-hydroxylation sites is 2. The molecule has 2 aromatic carbocycles. The molecule has 1 amide bonds. The second-order valence-corrected chi connectivity index (χ2v) is 7.42. The van der Waals surface area contributed by atoms with E-state index in [4.69, 9.17) is 17.3 Å². The third-order valence-electron chi connectivity index (χ3n) is 4.13. The minimum atomic E-state index is -0.439. The molecule has 4 N–H and O–H groups in total. The molecule has 4 rings (SSSR count). The number of aromatic hydroxyl groups is 1. The van der Waals surface area contributed by atoms with Gasteiger partial charge in [-0.05, 0) is 50.5 Å². The summed E-state index contributed by atoms with van der Waals surface area (Å²) in [7, 11) is 0. The Bertz CT molecular complexity index is 1280. The summed E-state index contributed by atoms with van der Waals surface area (Å²) in [6.07, 6.45) is 1.29. The number of nitrogens with two attached hydrogens (primary N) is 1. The minimum Gasteiger partial charge on any atom is -0.506 e. The molecule has 152 valence electrons. The lowest BCUT2D eigenvalue weighted by atomic mass is 10.2. The van der Waals surface area contributed by atoms with Crippen LogP contribution in [0.1, 0.15) is 5.56 Å². The number of fused-ring (bicyclic) bond motifs is 1. The van der Waals surface area contributed by atoms with Crippen molar-refractivity contribution in [1.82, 2.24) is 25.3 Å². The second-order valence-electron chi connectivity index (χ2n) is 6.13. The quantitative estimate of drug-likeness (QED) is 0.288. The normalized spacial score (nSPS) is 11.4. The fourth-order valence-electron chi connectivity index (χ4n) is 2.80. The molecule has 0 fully saturated rings. The summed E-state index contributed by atoms with van der Waals surface area (Å²) in [6, 6.07) is 10.3. The van der Waals surface area contributed by atoms with Crippen molar-refractivity contribution >= 4 is 56.5 Å². The zero-order valence-corrected chi connectivity index (χ0v) is 17.4. The van der Waals surface area contributed by atoms with Crippen molar-refractivity contribution < 1.29 is 14.5 Å². The van der Waals surface area contributed by atoms with Gasteiger partial charge in [-0.1, -0.05) is 23.7 Å². The fraction of sp³-hybridized carbons (Fsp3) is 0.0556. The third kappa shape index (κ3) is 3.84. The van der Waals surface area contributed by atoms with E-state index in [2.05, 4.69) is 46.4 Å². The molecule has 0 saturated heterocycles. The Kier molecular flexibility index (Phi) is 5.38. The number of phenolic OH excluding ortho intramolecular Hbond substituents is 1. The molecule has 12 heteroatoms. The van der Waals surface area contributed by atoms with Gasteiger partial charge in [0.15, 0.2) is 17.3 Å². The molecule has 0 unspecified atom stereocenters. The molecule has 2 aromatic heterocycles. The number of rotatable bonds is 5. The largest absolute Gasteiger partial charge is 0.506 e. The number of imidazole rings is 1. The van der Waals surface area contributed by atoms with Gasteiger partial charge in [-0.2, -0.15) is 5.10 Å². The Hall–Kier alpha value is -3.44. The number of benzene rings is 2. The van der Waals surface area contributed by atoms with E-state index in [0.717, 1.165) is 0 Å². The molecular weight excluding hydrogens is 478 g/mol. The topological polar surface area (TPSA) is 144 Å². The summed E-state index contributed by atoms with van der Waals surface area (Å²) >= 11 is 9.15. The van der Waals surface area contributed by atoms with Gasteiger partial charge in [0, 0.05) is 10.6 Å². The number of aromatic nitrogens is 4. The Morgan fingerprint density at radius 2 is 2.17 bits per heavy atom. The van der Waals surface area contributed by atoms with Crippen molar-refractivity contribution in [3.63, 3.8) is 0 Å². The molecule has 10 nitrogen and oxygen atoms in total. The van der Waals surface area contributed by atoms with Gasteiger partial charge in [-0.3, -0.25) is 4.79 Å². The predicted molar refractivity (Wildman–Crippen MR) is 114 cm³/mol. The van der Waals surface area contributed by atoms with Crippen LogP contribution in [0.15, 0.2) is 50.6 Å². The molecular formula is C18H13BrClN7O3. The van der Waals surface area contributed by atoms with Crippen molar-refractivity contribution in [2.75, 3.05) is 5.73 Å². The molecule has 4 aromatic rings. The number of hydrazone groups is 1. The predicted octanol–water partition coefficient (Wildman–Crippen LogP) is 2.94. The smallest absolute Gasteiger partial charge is 0.260 e. The molecule has 0 bridgehead atoms. The number of hydrogen-bond acceptors (Lipinski definition) is 8. The summed E-state index contributed by atoms with van der Waals surface area (Å²) in [5.74, 6) is -0.0851. The van der Waals surface area contributed by atoms with Crippen LogP contribution < -0.4 is 11.2 Å². The van der Waals surface area contributed by atoms with Crippen molar-refractivity contribution in [2.45, 2.75) is 6.54 Å². The van der Waals surface area contributed by atoms with Gasteiger partial charge in [0.25, 0.3) is 5.91 Å². The monoisotopic (exact) mass is 489 g/mol. The summed E-state index contributed by atoms with van der Waals surface area (Å²) in [6.45, 7) is -0.120. The van der Waals surface area contributed by atoms with Crippen LogP contribution >= 0.6 is 27.5 Å². The lowest BCUT2D eigenvalue weighted by Gasteiger charge is -2.07. The summed E-state index contributed by atoms with van der Waals surface area (Å²) in [5.41, 5.74) is 10.1. The van der Waals surface area contributed by atoms with Crippen LogP contribution in [0.3, 0.4) is 0 Å². The number of hydrogen-bond donors (Lipinski definition) is 3. The van der Waals surface area contributed by atoms with Gasteiger partial charge in [0.2, 0.25) is 0 Å². The summed E-state index contributed by atoms with van der Waals surface area (Å²) in [4.78, 5) is 17.0. The van der Waals surface area contributed by atoms with Gasteiger partial charge in [0.05, 0.1) is 21.7 Å². The third-order valence-corrected chi connectivity index (χ3v) is 4.96. The molecule has 0 aliphatic rings. The zero-order chi connectivity index (χ0) is 21.3. The molecule has 30 heavy (non-hydrogen) atoms. The summed E-state index contributed by atoms with van der Waals surface area (Å²) in [5, 5.41) is 21.7. The minimum absolute atomic E-state index is 0.0469. The van der Waals surface area contributed by atoms with Gasteiger partial charge in [-0.25, -0.2) is 15.0 Å². The first-order chi connectivity index (χ1) is 14.4. The Morgan fingerprint density at radius 3 is 2.93 bits per heavy atom. The fourth-order valence-corrected chi connectivity index (χ4v) is 3.64. The highest BCUT2D eigenvalue weighted by atomic mass is 79.9. The summed E-state index contributed by atoms with van der Waals surface area (Å²) < 4.78 is 6.70. The number of nitrogens with one attached hydrogen (secondary N) is 1. The first kappa shape index (κ1) is 19.9. The number of nitrogen functional groups attached to an aromatic ring is 1. The van der Waals surface area contributed by atoms with E-state index in [1.54, 1.807) is 16.7 Å². The average molecular weight is 491 g/mol. The Balaban J connectivity index is 1.59. The SMILES string of the molecule is Nc1nonc1-c1nc2ccccc2n1CC(=O)N/N=C\c1cc(Cl)cc(Br)c1O. The van der Waals surface area contributed by atoms with E-state index in [-0.39, 0.29) is 23.8 Å². The standard InChI is InChI=1S/C18H13BrClN7O3/c19-11-6-10(20)5-9(16(11)29)7-22-24-14(28)8-27-13-4-2-1-3-12(13)23-18(27)15-17(21)26-30-25-15/h1-7,29H,8H2,(H2,21,26)(H,24,28)/b22-7-. The number of phenols is 1. The molecule has 2 heterocycles. The lowest BCUT2D eigenvalue weighted by molar-refractivity contribution is -0.121. The van der Waals surface area contributed by atoms with Crippen LogP contribution in [0.4, 0.5) is 5.82 Å². The van der Waals surface area contributed by atoms with Gasteiger partial charge >= 0.3 is 0 Å². The van der Waals surface area contributed by atoms with E-state index in [9.17, 15) is 9.90 Å². The molecule has 0 aliphatic carbocycles. The highest BCUT2D eigenvalue weighted by molar-refractivity contribution is 9.10. The van der Waals surface area contributed by atoms with E-state index in [1.165, 1.54) is 12.3 Å².